The van der Waals surface area contributed by atoms with Gasteiger partial charge in [0, 0.05) is 37.2 Å². The maximum absolute atomic E-state index is 9.55. The van der Waals surface area contributed by atoms with Gasteiger partial charge in [-0.1, -0.05) is 49.4 Å². The second-order valence-electron chi connectivity index (χ2n) is 9.18. The predicted octanol–water partition coefficient (Wildman–Crippen LogP) is 5.24. The summed E-state index contributed by atoms with van der Waals surface area (Å²) in [5.74, 6) is -0.712. The van der Waals surface area contributed by atoms with Gasteiger partial charge in [0.15, 0.2) is 11.5 Å². The molecule has 36 heavy (non-hydrogen) atoms. The highest BCUT2D eigenvalue weighted by Gasteiger charge is 2.34. The Balaban J connectivity index is 0.000000392. The maximum Gasteiger partial charge on any atom is 0.328 e. The molecule has 0 bridgehead atoms. The summed E-state index contributed by atoms with van der Waals surface area (Å²) in [6, 6.07) is 15.1. The van der Waals surface area contributed by atoms with E-state index in [0.717, 1.165) is 37.4 Å². The van der Waals surface area contributed by atoms with Gasteiger partial charge >= 0.3 is 11.9 Å². The van der Waals surface area contributed by atoms with Gasteiger partial charge in [0.25, 0.3) is 0 Å². The van der Waals surface area contributed by atoms with Crippen LogP contribution in [0.15, 0.2) is 60.7 Å². The van der Waals surface area contributed by atoms with Crippen LogP contribution in [0.25, 0.3) is 5.57 Å². The van der Waals surface area contributed by atoms with Crippen molar-refractivity contribution in [2.24, 2.45) is 0 Å². The Morgan fingerprint density at radius 3 is 2.56 bits per heavy atom. The topological polar surface area (TPSA) is 105 Å². The van der Waals surface area contributed by atoms with Crippen LogP contribution in [-0.2, 0) is 22.6 Å². The van der Waals surface area contributed by atoms with Crippen LogP contribution in [0.5, 0.6) is 11.5 Å². The molecule has 4 rings (SSSR count). The Kier molecular flexibility index (Phi) is 9.70. The fraction of sp³-hybridized carbons (Fsp3) is 0.379. The molecular formula is C29H35NO6. The first-order valence-electron chi connectivity index (χ1n) is 12.4. The van der Waals surface area contributed by atoms with Crippen molar-refractivity contribution in [1.82, 2.24) is 5.32 Å². The molecular weight excluding hydrogens is 458 g/mol. The number of hydrogen-bond donors (Lipinski definition) is 3. The normalized spacial score (nSPS) is 18.1. The van der Waals surface area contributed by atoms with Gasteiger partial charge in [-0.15, -0.1) is 0 Å². The van der Waals surface area contributed by atoms with Crippen LogP contribution in [0.2, 0.25) is 0 Å². The summed E-state index contributed by atoms with van der Waals surface area (Å²) in [4.78, 5) is 19.1. The van der Waals surface area contributed by atoms with Crippen LogP contribution in [0.3, 0.4) is 0 Å². The number of carbonyl (C=O) groups is 2. The minimum atomic E-state index is -1.26. The molecule has 0 fully saturated rings. The fourth-order valence-electron chi connectivity index (χ4n) is 4.24. The molecule has 0 radical (unpaired) electrons. The third-order valence-electron chi connectivity index (χ3n) is 6.29. The van der Waals surface area contributed by atoms with Gasteiger partial charge in [-0.25, -0.2) is 9.59 Å². The summed E-state index contributed by atoms with van der Waals surface area (Å²) in [6.07, 6.45) is 9.18. The number of benzene rings is 2. The smallest absolute Gasteiger partial charge is 0.328 e. The molecule has 1 aliphatic carbocycles. The highest BCUT2D eigenvalue weighted by atomic mass is 16.5. The fourth-order valence-corrected chi connectivity index (χ4v) is 4.24. The molecule has 2 aliphatic rings. The highest BCUT2D eigenvalue weighted by Crippen LogP contribution is 2.43. The number of fused-ring (bicyclic) bond motifs is 1. The molecule has 192 valence electrons. The SMILES string of the molecule is CCC1(C)Cc2cccc(OCCNCc3cccc(C4=CCCC4)c3)c2O1.O=C(O)/C=C/C(=O)O. The van der Waals surface area contributed by atoms with Gasteiger partial charge in [0.1, 0.15) is 12.2 Å². The van der Waals surface area contributed by atoms with E-state index in [-0.39, 0.29) is 5.60 Å². The average molecular weight is 494 g/mol. The van der Waals surface area contributed by atoms with Crippen LogP contribution >= 0.6 is 0 Å². The van der Waals surface area contributed by atoms with Crippen LogP contribution < -0.4 is 14.8 Å². The van der Waals surface area contributed by atoms with Crippen molar-refractivity contribution in [2.75, 3.05) is 13.2 Å². The number of rotatable bonds is 10. The molecule has 2 aromatic carbocycles. The molecule has 2 aromatic rings. The van der Waals surface area contributed by atoms with Crippen LogP contribution in [0, 0.1) is 0 Å². The lowest BCUT2D eigenvalue weighted by Crippen LogP contribution is -2.28. The van der Waals surface area contributed by atoms with Crippen molar-refractivity contribution in [2.45, 2.75) is 58.1 Å². The first kappa shape index (κ1) is 27.0. The minimum absolute atomic E-state index is 0.0974. The van der Waals surface area contributed by atoms with Gasteiger partial charge in [-0.2, -0.15) is 0 Å². The van der Waals surface area contributed by atoms with Crippen molar-refractivity contribution >= 4 is 17.5 Å². The number of carboxylic acids is 2. The number of para-hydroxylation sites is 1. The van der Waals surface area contributed by atoms with E-state index in [9.17, 15) is 9.59 Å². The molecule has 7 nitrogen and oxygen atoms in total. The summed E-state index contributed by atoms with van der Waals surface area (Å²) in [7, 11) is 0. The van der Waals surface area contributed by atoms with E-state index in [1.807, 2.05) is 6.07 Å². The minimum Gasteiger partial charge on any atom is -0.488 e. The standard InChI is InChI=1S/C25H31NO2.C4H4O4/c1-3-25(2)17-22-12-7-13-23(24(22)28-25)27-15-14-26-18-19-8-6-11-21(16-19)20-9-4-5-10-20;5-3(6)1-2-4(7)8/h6-9,11-13,16,26H,3-5,10,14-15,17-18H2,1-2H3;1-2H,(H,5,6)(H,7,8)/b;2-1+. The first-order valence-corrected chi connectivity index (χ1v) is 12.4. The van der Waals surface area contributed by atoms with E-state index in [4.69, 9.17) is 19.7 Å². The molecule has 0 saturated carbocycles. The first-order chi connectivity index (χ1) is 17.3. The number of carboxylic acid groups (broad SMARTS) is 2. The summed E-state index contributed by atoms with van der Waals surface area (Å²) in [5.41, 5.74) is 5.37. The van der Waals surface area contributed by atoms with Gasteiger partial charge < -0.3 is 25.0 Å². The molecule has 0 amide bonds. The number of aliphatic carboxylic acids is 2. The predicted molar refractivity (Wildman–Crippen MR) is 139 cm³/mol. The molecule has 1 heterocycles. The van der Waals surface area contributed by atoms with Gasteiger partial charge in [-0.3, -0.25) is 0 Å². The molecule has 1 unspecified atom stereocenters. The van der Waals surface area contributed by atoms with Crippen LogP contribution in [0.4, 0.5) is 0 Å². The second-order valence-corrected chi connectivity index (χ2v) is 9.18. The summed E-state index contributed by atoms with van der Waals surface area (Å²) < 4.78 is 12.2. The molecule has 0 saturated heterocycles. The molecule has 3 N–H and O–H groups in total. The van der Waals surface area contributed by atoms with Crippen LogP contribution in [0.1, 0.15) is 56.2 Å². The summed E-state index contributed by atoms with van der Waals surface area (Å²) >= 11 is 0. The molecule has 1 aliphatic heterocycles. The highest BCUT2D eigenvalue weighted by molar-refractivity contribution is 5.89. The maximum atomic E-state index is 9.55. The Morgan fingerprint density at radius 1 is 1.14 bits per heavy atom. The Hall–Kier alpha value is -3.58. The molecule has 0 aromatic heterocycles. The quantitative estimate of drug-likeness (QED) is 0.307. The van der Waals surface area contributed by atoms with E-state index in [1.165, 1.54) is 41.5 Å². The zero-order chi connectivity index (χ0) is 26.0. The molecule has 7 heteroatoms. The third-order valence-corrected chi connectivity index (χ3v) is 6.29. The van der Waals surface area contributed by atoms with E-state index in [1.54, 1.807) is 0 Å². The van der Waals surface area contributed by atoms with Crippen molar-refractivity contribution < 1.29 is 29.3 Å². The van der Waals surface area contributed by atoms with E-state index >= 15 is 0 Å². The number of hydrogen-bond acceptors (Lipinski definition) is 5. The lowest BCUT2D eigenvalue weighted by Gasteiger charge is -2.22. The number of nitrogens with one attached hydrogen (secondary N) is 1. The largest absolute Gasteiger partial charge is 0.488 e. The van der Waals surface area contributed by atoms with Gasteiger partial charge in [0.2, 0.25) is 0 Å². The van der Waals surface area contributed by atoms with Gasteiger partial charge in [-0.05, 0) is 55.4 Å². The zero-order valence-corrected chi connectivity index (χ0v) is 21.0. The summed E-state index contributed by atoms with van der Waals surface area (Å²) in [6.45, 7) is 6.65. The van der Waals surface area contributed by atoms with E-state index in [2.05, 4.69) is 61.6 Å². The Morgan fingerprint density at radius 2 is 1.89 bits per heavy atom. The number of ether oxygens (including phenoxy) is 2. The number of allylic oxidation sites excluding steroid dienone is 2. The van der Waals surface area contributed by atoms with Crippen molar-refractivity contribution in [3.05, 3.63) is 77.4 Å². The lowest BCUT2D eigenvalue weighted by molar-refractivity contribution is -0.134. The van der Waals surface area contributed by atoms with Crippen molar-refractivity contribution in [3.8, 4) is 11.5 Å². The van der Waals surface area contributed by atoms with E-state index in [0.29, 0.717) is 18.8 Å². The molecule has 0 spiro atoms. The summed E-state index contributed by atoms with van der Waals surface area (Å²) in [5, 5.41) is 19.1. The van der Waals surface area contributed by atoms with Crippen molar-refractivity contribution in [3.63, 3.8) is 0 Å². The van der Waals surface area contributed by atoms with E-state index < -0.39 is 11.9 Å². The second kappa shape index (κ2) is 12.9. The van der Waals surface area contributed by atoms with Crippen molar-refractivity contribution in [1.29, 1.82) is 0 Å². The molecule has 1 atom stereocenters. The lowest BCUT2D eigenvalue weighted by atomic mass is 9.97. The average Bonchev–Trinajstić information content (AvgIpc) is 3.52. The van der Waals surface area contributed by atoms with Crippen LogP contribution in [-0.4, -0.2) is 40.9 Å². The monoisotopic (exact) mass is 493 g/mol. The Labute approximate surface area is 212 Å². The van der Waals surface area contributed by atoms with Gasteiger partial charge in [0.05, 0.1) is 0 Å². The Bertz CT molecular complexity index is 1110. The zero-order valence-electron chi connectivity index (χ0n) is 21.0. The third kappa shape index (κ3) is 7.99.